The van der Waals surface area contributed by atoms with Crippen molar-refractivity contribution in [2.45, 2.75) is 19.8 Å². The first-order valence-electron chi connectivity index (χ1n) is 6.10. The summed E-state index contributed by atoms with van der Waals surface area (Å²) < 4.78 is 5.18. The number of aromatic hydroxyl groups is 1. The van der Waals surface area contributed by atoms with Gasteiger partial charge >= 0.3 is 0 Å². The summed E-state index contributed by atoms with van der Waals surface area (Å²) in [5.41, 5.74) is 3.10. The van der Waals surface area contributed by atoms with E-state index in [0.717, 1.165) is 16.7 Å². The van der Waals surface area contributed by atoms with E-state index < -0.39 is 0 Å². The fourth-order valence-corrected chi connectivity index (χ4v) is 2.21. The van der Waals surface area contributed by atoms with E-state index in [2.05, 4.69) is 13.8 Å². The smallest absolute Gasteiger partial charge is 0.161 e. The third kappa shape index (κ3) is 2.19. The molecule has 0 aliphatic rings. The highest BCUT2D eigenvalue weighted by Crippen LogP contribution is 2.41. The predicted octanol–water partition coefficient (Wildman–Crippen LogP) is 4.19. The van der Waals surface area contributed by atoms with Crippen molar-refractivity contribution in [3.05, 3.63) is 48.0 Å². The van der Waals surface area contributed by atoms with Gasteiger partial charge in [0.05, 0.1) is 7.11 Å². The first-order chi connectivity index (χ1) is 8.65. The zero-order chi connectivity index (χ0) is 13.1. The molecule has 0 aliphatic carbocycles. The van der Waals surface area contributed by atoms with E-state index in [1.807, 2.05) is 42.5 Å². The second-order valence-corrected chi connectivity index (χ2v) is 4.60. The van der Waals surface area contributed by atoms with Crippen LogP contribution in [0.2, 0.25) is 0 Å². The third-order valence-electron chi connectivity index (χ3n) is 3.06. The van der Waals surface area contributed by atoms with Crippen LogP contribution < -0.4 is 4.74 Å². The number of benzene rings is 2. The number of ether oxygens (including phenoxy) is 1. The Balaban J connectivity index is 2.65. The number of phenolic OH excluding ortho intramolecular Hbond substituents is 1. The minimum absolute atomic E-state index is 0.232. The normalized spacial score (nSPS) is 10.7. The van der Waals surface area contributed by atoms with Crippen LogP contribution >= 0.6 is 0 Å². The van der Waals surface area contributed by atoms with Crippen LogP contribution in [0.3, 0.4) is 0 Å². The zero-order valence-corrected chi connectivity index (χ0v) is 11.0. The molecule has 0 fully saturated rings. The Hall–Kier alpha value is -1.96. The largest absolute Gasteiger partial charge is 0.504 e. The molecule has 0 heterocycles. The SMILES string of the molecule is COc1ccc(-c2ccccc2)c(C(C)C)c1O. The lowest BCUT2D eigenvalue weighted by Gasteiger charge is -2.17. The van der Waals surface area contributed by atoms with Crippen LogP contribution in [0.1, 0.15) is 25.3 Å². The highest BCUT2D eigenvalue weighted by atomic mass is 16.5. The molecule has 1 N–H and O–H groups in total. The van der Waals surface area contributed by atoms with E-state index in [1.54, 1.807) is 7.11 Å². The van der Waals surface area contributed by atoms with Gasteiger partial charge in [-0.25, -0.2) is 0 Å². The molecule has 0 aromatic heterocycles. The van der Waals surface area contributed by atoms with Gasteiger partial charge in [0, 0.05) is 5.56 Å². The standard InChI is InChI=1S/C16H18O2/c1-11(2)15-13(12-7-5-4-6-8-12)9-10-14(18-3)16(15)17/h4-11,17H,1-3H3. The van der Waals surface area contributed by atoms with Crippen LogP contribution in [0, 0.1) is 0 Å². The number of phenols is 1. The maximum absolute atomic E-state index is 10.3. The van der Waals surface area contributed by atoms with E-state index in [4.69, 9.17) is 4.74 Å². The Kier molecular flexibility index (Phi) is 3.56. The molecule has 0 unspecified atom stereocenters. The number of methoxy groups -OCH3 is 1. The van der Waals surface area contributed by atoms with Crippen LogP contribution in [0.15, 0.2) is 42.5 Å². The molecule has 2 rings (SSSR count). The summed E-state index contributed by atoms with van der Waals surface area (Å²) in [6.45, 7) is 4.14. The topological polar surface area (TPSA) is 29.5 Å². The van der Waals surface area contributed by atoms with Crippen LogP contribution in [-0.2, 0) is 0 Å². The van der Waals surface area contributed by atoms with E-state index in [9.17, 15) is 5.11 Å². The Morgan fingerprint density at radius 1 is 1.00 bits per heavy atom. The Morgan fingerprint density at radius 3 is 2.22 bits per heavy atom. The minimum Gasteiger partial charge on any atom is -0.504 e. The zero-order valence-electron chi connectivity index (χ0n) is 11.0. The Labute approximate surface area is 108 Å². The van der Waals surface area contributed by atoms with Crippen LogP contribution in [0.4, 0.5) is 0 Å². The van der Waals surface area contributed by atoms with Crippen molar-refractivity contribution in [1.29, 1.82) is 0 Å². The molecular formula is C16H18O2. The maximum atomic E-state index is 10.3. The molecule has 0 saturated carbocycles. The molecule has 0 atom stereocenters. The van der Waals surface area contributed by atoms with Crippen molar-refractivity contribution in [2.75, 3.05) is 7.11 Å². The lowest BCUT2D eigenvalue weighted by Crippen LogP contribution is -1.96. The average molecular weight is 242 g/mol. The first-order valence-corrected chi connectivity index (χ1v) is 6.10. The van der Waals surface area contributed by atoms with Gasteiger partial charge in [0.1, 0.15) is 0 Å². The molecule has 0 radical (unpaired) electrons. The van der Waals surface area contributed by atoms with Gasteiger partial charge in [0.25, 0.3) is 0 Å². The second-order valence-electron chi connectivity index (χ2n) is 4.60. The summed E-state index contributed by atoms with van der Waals surface area (Å²) in [5.74, 6) is 1.00. The summed E-state index contributed by atoms with van der Waals surface area (Å²) >= 11 is 0. The molecule has 2 aromatic rings. The van der Waals surface area contributed by atoms with Gasteiger partial charge < -0.3 is 9.84 Å². The van der Waals surface area contributed by atoms with Crippen molar-refractivity contribution in [3.8, 4) is 22.6 Å². The van der Waals surface area contributed by atoms with E-state index in [0.29, 0.717) is 5.75 Å². The lowest BCUT2D eigenvalue weighted by atomic mass is 9.91. The molecular weight excluding hydrogens is 224 g/mol. The quantitative estimate of drug-likeness (QED) is 0.874. The van der Waals surface area contributed by atoms with E-state index in [-0.39, 0.29) is 11.7 Å². The molecule has 94 valence electrons. The highest BCUT2D eigenvalue weighted by Gasteiger charge is 2.16. The van der Waals surface area contributed by atoms with Crippen molar-refractivity contribution < 1.29 is 9.84 Å². The Bertz CT molecular complexity index is 530. The van der Waals surface area contributed by atoms with Gasteiger partial charge in [-0.2, -0.15) is 0 Å². The van der Waals surface area contributed by atoms with Crippen molar-refractivity contribution in [3.63, 3.8) is 0 Å². The fraction of sp³-hybridized carbons (Fsp3) is 0.250. The second kappa shape index (κ2) is 5.13. The average Bonchev–Trinajstić information content (AvgIpc) is 2.39. The van der Waals surface area contributed by atoms with E-state index >= 15 is 0 Å². The lowest BCUT2D eigenvalue weighted by molar-refractivity contribution is 0.369. The molecule has 2 heteroatoms. The van der Waals surface area contributed by atoms with Crippen LogP contribution in [-0.4, -0.2) is 12.2 Å². The van der Waals surface area contributed by atoms with Crippen molar-refractivity contribution in [2.24, 2.45) is 0 Å². The summed E-state index contributed by atoms with van der Waals surface area (Å²) in [6.07, 6.45) is 0. The van der Waals surface area contributed by atoms with E-state index in [1.165, 1.54) is 0 Å². The summed E-state index contributed by atoms with van der Waals surface area (Å²) in [7, 11) is 1.57. The maximum Gasteiger partial charge on any atom is 0.161 e. The monoisotopic (exact) mass is 242 g/mol. The molecule has 0 aliphatic heterocycles. The van der Waals surface area contributed by atoms with Crippen molar-refractivity contribution >= 4 is 0 Å². The summed E-state index contributed by atoms with van der Waals surface area (Å²) in [6, 6.07) is 13.9. The van der Waals surface area contributed by atoms with Crippen LogP contribution in [0.5, 0.6) is 11.5 Å². The predicted molar refractivity (Wildman–Crippen MR) is 74.2 cm³/mol. The third-order valence-corrected chi connectivity index (χ3v) is 3.06. The molecule has 18 heavy (non-hydrogen) atoms. The number of rotatable bonds is 3. The minimum atomic E-state index is 0.232. The molecule has 0 saturated heterocycles. The molecule has 0 spiro atoms. The fourth-order valence-electron chi connectivity index (χ4n) is 2.21. The number of hydrogen-bond donors (Lipinski definition) is 1. The van der Waals surface area contributed by atoms with Gasteiger partial charge in [-0.1, -0.05) is 50.2 Å². The molecule has 0 amide bonds. The van der Waals surface area contributed by atoms with Crippen molar-refractivity contribution in [1.82, 2.24) is 0 Å². The Morgan fingerprint density at radius 2 is 1.67 bits per heavy atom. The molecule has 2 nitrogen and oxygen atoms in total. The molecule has 0 bridgehead atoms. The summed E-state index contributed by atoms with van der Waals surface area (Å²) in [4.78, 5) is 0. The molecule has 2 aromatic carbocycles. The first kappa shape index (κ1) is 12.5. The summed E-state index contributed by atoms with van der Waals surface area (Å²) in [5, 5.41) is 10.3. The van der Waals surface area contributed by atoms with Gasteiger partial charge in [-0.05, 0) is 23.1 Å². The van der Waals surface area contributed by atoms with Crippen LogP contribution in [0.25, 0.3) is 11.1 Å². The highest BCUT2D eigenvalue weighted by molar-refractivity contribution is 5.73. The number of hydrogen-bond acceptors (Lipinski definition) is 2. The van der Waals surface area contributed by atoms with Gasteiger partial charge in [-0.3, -0.25) is 0 Å². The van der Waals surface area contributed by atoms with Gasteiger partial charge in [0.15, 0.2) is 11.5 Å². The van der Waals surface area contributed by atoms with Gasteiger partial charge in [0.2, 0.25) is 0 Å². The van der Waals surface area contributed by atoms with Gasteiger partial charge in [-0.15, -0.1) is 0 Å².